The average molecular weight is 385 g/mol. The van der Waals surface area contributed by atoms with Crippen LogP contribution in [0.3, 0.4) is 0 Å². The van der Waals surface area contributed by atoms with Crippen molar-refractivity contribution in [1.29, 1.82) is 0 Å². The molecule has 6 nitrogen and oxygen atoms in total. The lowest BCUT2D eigenvalue weighted by molar-refractivity contribution is -0.121. The fourth-order valence-electron chi connectivity index (χ4n) is 3.59. The molecule has 1 aromatic carbocycles. The normalized spacial score (nSPS) is 13.6. The van der Waals surface area contributed by atoms with E-state index in [-0.39, 0.29) is 18.0 Å². The van der Waals surface area contributed by atoms with Gasteiger partial charge in [0.15, 0.2) is 0 Å². The second kappa shape index (κ2) is 7.19. The number of carbonyl (C=O) groups is 1. The maximum Gasteiger partial charge on any atom is 0.278 e. The first-order valence-corrected chi connectivity index (χ1v) is 9.51. The third kappa shape index (κ3) is 3.49. The van der Waals surface area contributed by atoms with Gasteiger partial charge in [-0.1, -0.05) is 23.7 Å². The molecule has 0 saturated carbocycles. The molecule has 0 unspecified atom stereocenters. The molecule has 1 N–H and O–H groups in total. The Kier molecular flexibility index (Phi) is 4.74. The van der Waals surface area contributed by atoms with E-state index in [4.69, 9.17) is 11.6 Å². The smallest absolute Gasteiger partial charge is 0.278 e. The predicted octanol–water partition coefficient (Wildman–Crippen LogP) is 2.81. The van der Waals surface area contributed by atoms with Crippen molar-refractivity contribution in [2.24, 2.45) is 0 Å². The Balaban J connectivity index is 1.58. The molecule has 0 fully saturated rings. The van der Waals surface area contributed by atoms with Gasteiger partial charge in [0, 0.05) is 30.2 Å². The van der Waals surface area contributed by atoms with Crippen LogP contribution >= 0.6 is 11.6 Å². The van der Waals surface area contributed by atoms with E-state index in [1.165, 1.54) is 0 Å². The second-order valence-electron chi connectivity index (χ2n) is 6.95. The molecule has 7 heteroatoms. The maximum atomic E-state index is 13.0. The molecule has 3 heterocycles. The topological polar surface area (TPSA) is 68.9 Å². The summed E-state index contributed by atoms with van der Waals surface area (Å²) >= 11 is 5.88. The van der Waals surface area contributed by atoms with E-state index in [1.54, 1.807) is 21.3 Å². The van der Waals surface area contributed by atoms with Crippen LogP contribution in [0.5, 0.6) is 0 Å². The number of hydrogen-bond acceptors (Lipinski definition) is 3. The number of nitrogens with one attached hydrogen (secondary N) is 1. The lowest BCUT2D eigenvalue weighted by Crippen LogP contribution is -2.31. The second-order valence-corrected chi connectivity index (χ2v) is 7.39. The van der Waals surface area contributed by atoms with Gasteiger partial charge in [0.05, 0.1) is 5.52 Å². The minimum atomic E-state index is -0.146. The fourth-order valence-corrected chi connectivity index (χ4v) is 3.72. The number of halogens is 1. The number of benzene rings is 1. The van der Waals surface area contributed by atoms with Crippen molar-refractivity contribution in [3.05, 3.63) is 62.8 Å². The molecule has 140 valence electrons. The molecule has 3 aromatic rings. The number of rotatable bonds is 4. The molecule has 0 aliphatic carbocycles. The largest absolute Gasteiger partial charge is 0.350 e. The molecule has 27 heavy (non-hydrogen) atoms. The van der Waals surface area contributed by atoms with Gasteiger partial charge in [-0.3, -0.25) is 14.2 Å². The molecular weight excluding hydrogens is 364 g/mol. The van der Waals surface area contributed by atoms with E-state index >= 15 is 0 Å². The zero-order valence-electron chi connectivity index (χ0n) is 15.2. The van der Waals surface area contributed by atoms with E-state index in [9.17, 15) is 9.59 Å². The molecule has 4 rings (SSSR count). The molecule has 1 amide bonds. The standard InChI is InChI=1S/C20H21ClN4O2/c1-13-10-16-19(20(27)24-9-3-2-4-17(24)23-16)25(13)12-18(26)22-11-14-5-7-15(21)8-6-14/h5-8,10H,2-4,9,11-12H2,1H3,(H,22,26). The molecule has 0 spiro atoms. The Morgan fingerprint density at radius 2 is 2.04 bits per heavy atom. The number of aryl methyl sites for hydroxylation is 2. The van der Waals surface area contributed by atoms with Crippen LogP contribution in [0.1, 0.15) is 29.9 Å². The van der Waals surface area contributed by atoms with Gasteiger partial charge in [-0.15, -0.1) is 0 Å². The molecule has 0 bridgehead atoms. The Labute approximate surface area is 161 Å². The van der Waals surface area contributed by atoms with Crippen LogP contribution in [0.25, 0.3) is 11.0 Å². The van der Waals surface area contributed by atoms with Crippen molar-refractivity contribution in [3.8, 4) is 0 Å². The summed E-state index contributed by atoms with van der Waals surface area (Å²) in [5, 5.41) is 3.56. The number of hydrogen-bond donors (Lipinski definition) is 1. The summed E-state index contributed by atoms with van der Waals surface area (Å²) in [7, 11) is 0. The summed E-state index contributed by atoms with van der Waals surface area (Å²) in [5.41, 5.74) is 2.97. The van der Waals surface area contributed by atoms with Crippen molar-refractivity contribution in [1.82, 2.24) is 19.4 Å². The minimum Gasteiger partial charge on any atom is -0.350 e. The lowest BCUT2D eigenvalue weighted by Gasteiger charge is -2.17. The van der Waals surface area contributed by atoms with Gasteiger partial charge < -0.3 is 9.88 Å². The van der Waals surface area contributed by atoms with Crippen LogP contribution in [-0.2, 0) is 30.8 Å². The van der Waals surface area contributed by atoms with Crippen LogP contribution in [0.15, 0.2) is 35.1 Å². The summed E-state index contributed by atoms with van der Waals surface area (Å²) in [6.07, 6.45) is 2.88. The van der Waals surface area contributed by atoms with Gasteiger partial charge >= 0.3 is 0 Å². The van der Waals surface area contributed by atoms with Crippen LogP contribution in [0, 0.1) is 6.92 Å². The van der Waals surface area contributed by atoms with Crippen LogP contribution in [-0.4, -0.2) is 20.0 Å². The minimum absolute atomic E-state index is 0.0479. The molecule has 0 atom stereocenters. The van der Waals surface area contributed by atoms with E-state index in [2.05, 4.69) is 10.3 Å². The van der Waals surface area contributed by atoms with Crippen LogP contribution < -0.4 is 10.9 Å². The summed E-state index contributed by atoms with van der Waals surface area (Å²) < 4.78 is 3.52. The quantitative estimate of drug-likeness (QED) is 0.752. The number of nitrogens with zero attached hydrogens (tertiary/aromatic N) is 3. The highest BCUT2D eigenvalue weighted by Crippen LogP contribution is 2.18. The number of amides is 1. The van der Waals surface area contributed by atoms with E-state index in [0.717, 1.165) is 36.3 Å². The molecule has 2 aromatic heterocycles. The average Bonchev–Trinajstić information content (AvgIpc) is 2.97. The van der Waals surface area contributed by atoms with E-state index in [1.807, 2.05) is 25.1 Å². The first-order valence-electron chi connectivity index (χ1n) is 9.13. The first-order chi connectivity index (χ1) is 13.0. The van der Waals surface area contributed by atoms with Crippen LogP contribution in [0.2, 0.25) is 5.02 Å². The molecular formula is C20H21ClN4O2. The summed E-state index contributed by atoms with van der Waals surface area (Å²) in [6.45, 7) is 3.11. The van der Waals surface area contributed by atoms with Gasteiger partial charge in [-0.05, 0) is 43.5 Å². The SMILES string of the molecule is Cc1cc2nc3n(c(=O)c2n1CC(=O)NCc1ccc(Cl)cc1)CCCC3. The van der Waals surface area contributed by atoms with Gasteiger partial charge in [0.25, 0.3) is 5.56 Å². The number of carbonyl (C=O) groups excluding carboxylic acids is 1. The molecule has 0 saturated heterocycles. The summed E-state index contributed by atoms with van der Waals surface area (Å²) in [4.78, 5) is 30.1. The zero-order chi connectivity index (χ0) is 19.0. The van der Waals surface area contributed by atoms with Gasteiger partial charge in [-0.25, -0.2) is 4.98 Å². The molecule has 0 radical (unpaired) electrons. The van der Waals surface area contributed by atoms with Crippen molar-refractivity contribution < 1.29 is 4.79 Å². The first kappa shape index (κ1) is 17.8. The van der Waals surface area contributed by atoms with Crippen molar-refractivity contribution >= 4 is 28.5 Å². The maximum absolute atomic E-state index is 13.0. The fraction of sp³-hybridized carbons (Fsp3) is 0.350. The molecule has 1 aliphatic heterocycles. The van der Waals surface area contributed by atoms with Crippen molar-refractivity contribution in [2.45, 2.75) is 45.8 Å². The Morgan fingerprint density at radius 1 is 1.26 bits per heavy atom. The van der Waals surface area contributed by atoms with E-state index in [0.29, 0.717) is 29.1 Å². The third-order valence-electron chi connectivity index (χ3n) is 5.03. The summed E-state index contributed by atoms with van der Waals surface area (Å²) in [6, 6.07) is 9.23. The lowest BCUT2D eigenvalue weighted by atomic mass is 10.1. The Morgan fingerprint density at radius 3 is 2.81 bits per heavy atom. The van der Waals surface area contributed by atoms with Crippen LogP contribution in [0.4, 0.5) is 0 Å². The third-order valence-corrected chi connectivity index (χ3v) is 5.28. The van der Waals surface area contributed by atoms with Gasteiger partial charge in [-0.2, -0.15) is 0 Å². The Bertz CT molecular complexity index is 1070. The zero-order valence-corrected chi connectivity index (χ0v) is 15.9. The summed E-state index contributed by atoms with van der Waals surface area (Å²) in [5.74, 6) is 0.704. The highest BCUT2D eigenvalue weighted by Gasteiger charge is 2.19. The van der Waals surface area contributed by atoms with E-state index < -0.39 is 0 Å². The van der Waals surface area contributed by atoms with Gasteiger partial charge in [0.1, 0.15) is 17.9 Å². The Hall–Kier alpha value is -2.60. The van der Waals surface area contributed by atoms with Gasteiger partial charge in [0.2, 0.25) is 5.91 Å². The monoisotopic (exact) mass is 384 g/mol. The molecule has 1 aliphatic rings. The highest BCUT2D eigenvalue weighted by atomic mass is 35.5. The predicted molar refractivity (Wildman–Crippen MR) is 105 cm³/mol. The number of aromatic nitrogens is 3. The number of fused-ring (bicyclic) bond motifs is 2. The highest BCUT2D eigenvalue weighted by molar-refractivity contribution is 6.30. The van der Waals surface area contributed by atoms with Crippen molar-refractivity contribution in [2.75, 3.05) is 0 Å². The van der Waals surface area contributed by atoms with Crippen molar-refractivity contribution in [3.63, 3.8) is 0 Å².